The number of benzene rings is 1. The summed E-state index contributed by atoms with van der Waals surface area (Å²) in [5.41, 5.74) is 0.720. The van der Waals surface area contributed by atoms with Gasteiger partial charge in [-0.05, 0) is 19.4 Å². The summed E-state index contributed by atoms with van der Waals surface area (Å²) in [6.07, 6.45) is 0. The van der Waals surface area contributed by atoms with Gasteiger partial charge in [0.15, 0.2) is 0 Å². The molecule has 0 aromatic heterocycles. The van der Waals surface area contributed by atoms with E-state index in [0.29, 0.717) is 0 Å². The molecule has 0 spiro atoms. The number of aryl methyl sites for hydroxylation is 1. The summed E-state index contributed by atoms with van der Waals surface area (Å²) < 4.78 is 0. The predicted octanol–water partition coefficient (Wildman–Crippen LogP) is 1.19. The molecule has 0 amide bonds. The van der Waals surface area contributed by atoms with Crippen LogP contribution in [0, 0.1) is 6.92 Å². The lowest BCUT2D eigenvalue weighted by atomic mass is 9.96. The molecule has 1 atom stereocenters. The van der Waals surface area contributed by atoms with E-state index in [-0.39, 0.29) is 6.61 Å². The van der Waals surface area contributed by atoms with E-state index in [2.05, 4.69) is 0 Å². The van der Waals surface area contributed by atoms with E-state index < -0.39 is 5.60 Å². The van der Waals surface area contributed by atoms with Gasteiger partial charge in [0, 0.05) is 0 Å². The van der Waals surface area contributed by atoms with Gasteiger partial charge in [0.2, 0.25) is 0 Å². The summed E-state index contributed by atoms with van der Waals surface area (Å²) in [5, 5.41) is 18.6. The Morgan fingerprint density at radius 1 is 1.42 bits per heavy atom. The van der Waals surface area contributed by atoms with E-state index in [0.717, 1.165) is 11.1 Å². The zero-order valence-corrected chi connectivity index (χ0v) is 7.41. The van der Waals surface area contributed by atoms with Gasteiger partial charge >= 0.3 is 0 Å². The van der Waals surface area contributed by atoms with Crippen molar-refractivity contribution >= 4 is 0 Å². The van der Waals surface area contributed by atoms with Crippen LogP contribution in [0.25, 0.3) is 0 Å². The fraction of sp³-hybridized carbons (Fsp3) is 0.400. The second-order valence-electron chi connectivity index (χ2n) is 3.30. The van der Waals surface area contributed by atoms with E-state index in [4.69, 9.17) is 5.11 Å². The summed E-state index contributed by atoms with van der Waals surface area (Å²) in [5.74, 6) is 0. The fourth-order valence-corrected chi connectivity index (χ4v) is 1.07. The highest BCUT2D eigenvalue weighted by Crippen LogP contribution is 2.20. The Morgan fingerprint density at radius 3 is 2.58 bits per heavy atom. The molecular weight excluding hydrogens is 152 g/mol. The van der Waals surface area contributed by atoms with Gasteiger partial charge in [-0.1, -0.05) is 29.8 Å². The van der Waals surface area contributed by atoms with Crippen LogP contribution < -0.4 is 0 Å². The van der Waals surface area contributed by atoms with Crippen LogP contribution in [0.5, 0.6) is 0 Å². The number of hydrogen-bond acceptors (Lipinski definition) is 2. The van der Waals surface area contributed by atoms with Crippen LogP contribution in [0.1, 0.15) is 18.1 Å². The minimum absolute atomic E-state index is 0.254. The van der Waals surface area contributed by atoms with Crippen molar-refractivity contribution in [1.82, 2.24) is 0 Å². The topological polar surface area (TPSA) is 40.5 Å². The number of aliphatic hydroxyl groups excluding tert-OH is 1. The highest BCUT2D eigenvalue weighted by molar-refractivity contribution is 5.26. The molecule has 0 fully saturated rings. The molecule has 0 saturated heterocycles. The van der Waals surface area contributed by atoms with E-state index in [1.54, 1.807) is 6.92 Å². The lowest BCUT2D eigenvalue weighted by molar-refractivity contribution is -0.00232. The summed E-state index contributed by atoms with van der Waals surface area (Å²) >= 11 is 0. The first-order valence-corrected chi connectivity index (χ1v) is 3.96. The minimum Gasteiger partial charge on any atom is -0.393 e. The maximum Gasteiger partial charge on any atom is 0.110 e. The molecular formula is C10H14O2. The molecule has 0 unspecified atom stereocenters. The third-order valence-electron chi connectivity index (χ3n) is 1.95. The third kappa shape index (κ3) is 1.84. The Hall–Kier alpha value is -0.860. The largest absolute Gasteiger partial charge is 0.393 e. The average molecular weight is 166 g/mol. The van der Waals surface area contributed by atoms with Crippen LogP contribution in [0.2, 0.25) is 0 Å². The summed E-state index contributed by atoms with van der Waals surface area (Å²) in [7, 11) is 0. The van der Waals surface area contributed by atoms with E-state index in [1.165, 1.54) is 0 Å². The van der Waals surface area contributed by atoms with E-state index in [9.17, 15) is 5.11 Å². The molecule has 1 aromatic carbocycles. The molecule has 0 aliphatic heterocycles. The van der Waals surface area contributed by atoms with E-state index in [1.807, 2.05) is 31.2 Å². The van der Waals surface area contributed by atoms with Crippen LogP contribution in [0.4, 0.5) is 0 Å². The van der Waals surface area contributed by atoms with Crippen molar-refractivity contribution in [1.29, 1.82) is 0 Å². The smallest absolute Gasteiger partial charge is 0.110 e. The van der Waals surface area contributed by atoms with Gasteiger partial charge in [-0.2, -0.15) is 0 Å². The molecule has 2 N–H and O–H groups in total. The zero-order chi connectivity index (χ0) is 9.19. The second-order valence-corrected chi connectivity index (χ2v) is 3.30. The number of hydrogen-bond donors (Lipinski definition) is 2. The molecule has 0 bridgehead atoms. The summed E-state index contributed by atoms with van der Waals surface area (Å²) in [4.78, 5) is 0. The summed E-state index contributed by atoms with van der Waals surface area (Å²) in [6.45, 7) is 3.30. The molecule has 66 valence electrons. The maximum absolute atomic E-state index is 9.67. The molecule has 0 heterocycles. The highest BCUT2D eigenvalue weighted by atomic mass is 16.3. The first kappa shape index (κ1) is 9.23. The normalized spacial score (nSPS) is 15.7. The molecule has 0 aliphatic rings. The molecule has 0 saturated carbocycles. The van der Waals surface area contributed by atoms with Gasteiger partial charge in [0.1, 0.15) is 5.60 Å². The molecule has 12 heavy (non-hydrogen) atoms. The van der Waals surface area contributed by atoms with Gasteiger partial charge < -0.3 is 10.2 Å². The van der Waals surface area contributed by atoms with Gasteiger partial charge in [-0.25, -0.2) is 0 Å². The first-order chi connectivity index (χ1) is 5.56. The minimum atomic E-state index is -1.12. The van der Waals surface area contributed by atoms with Crippen LogP contribution in [0.3, 0.4) is 0 Å². The Labute approximate surface area is 72.5 Å². The van der Waals surface area contributed by atoms with Gasteiger partial charge in [0.05, 0.1) is 6.61 Å². The predicted molar refractivity (Wildman–Crippen MR) is 47.8 cm³/mol. The monoisotopic (exact) mass is 166 g/mol. The molecule has 2 heteroatoms. The van der Waals surface area contributed by atoms with Crippen molar-refractivity contribution in [2.45, 2.75) is 19.4 Å². The Bertz CT molecular complexity index is 266. The van der Waals surface area contributed by atoms with Crippen molar-refractivity contribution in [2.75, 3.05) is 6.61 Å². The van der Waals surface area contributed by atoms with Gasteiger partial charge in [-0.3, -0.25) is 0 Å². The maximum atomic E-state index is 9.67. The second kappa shape index (κ2) is 3.25. The van der Waals surface area contributed by atoms with Crippen LogP contribution >= 0.6 is 0 Å². The Balaban J connectivity index is 3.03. The third-order valence-corrected chi connectivity index (χ3v) is 1.95. The zero-order valence-electron chi connectivity index (χ0n) is 7.41. The standard InChI is InChI=1S/C10H14O2/c1-8-4-3-5-9(6-8)10(2,12)7-11/h3-6,11-12H,7H2,1-2H3/t10-/m0/s1. The Morgan fingerprint density at radius 2 is 2.08 bits per heavy atom. The number of aliphatic hydroxyl groups is 2. The van der Waals surface area contributed by atoms with Crippen LogP contribution in [-0.2, 0) is 5.60 Å². The van der Waals surface area contributed by atoms with Crippen LogP contribution in [0.15, 0.2) is 24.3 Å². The molecule has 1 rings (SSSR count). The first-order valence-electron chi connectivity index (χ1n) is 3.96. The summed E-state index contributed by atoms with van der Waals surface area (Å²) in [6, 6.07) is 7.51. The molecule has 1 aromatic rings. The fourth-order valence-electron chi connectivity index (χ4n) is 1.07. The van der Waals surface area contributed by atoms with Crippen molar-refractivity contribution in [2.24, 2.45) is 0 Å². The lowest BCUT2D eigenvalue weighted by Gasteiger charge is -2.20. The Kier molecular flexibility index (Phi) is 2.50. The highest BCUT2D eigenvalue weighted by Gasteiger charge is 2.21. The molecule has 0 radical (unpaired) electrons. The van der Waals surface area contributed by atoms with Gasteiger partial charge in [0.25, 0.3) is 0 Å². The van der Waals surface area contributed by atoms with Crippen molar-refractivity contribution in [3.63, 3.8) is 0 Å². The van der Waals surface area contributed by atoms with Crippen molar-refractivity contribution in [3.8, 4) is 0 Å². The number of rotatable bonds is 2. The average Bonchev–Trinajstić information content (AvgIpc) is 2.05. The molecule has 0 aliphatic carbocycles. The quantitative estimate of drug-likeness (QED) is 0.693. The van der Waals surface area contributed by atoms with Crippen molar-refractivity contribution < 1.29 is 10.2 Å². The lowest BCUT2D eigenvalue weighted by Crippen LogP contribution is -2.25. The SMILES string of the molecule is Cc1cccc([C@@](C)(O)CO)c1. The van der Waals surface area contributed by atoms with E-state index >= 15 is 0 Å². The molecule has 2 nitrogen and oxygen atoms in total. The van der Waals surface area contributed by atoms with Crippen LogP contribution in [-0.4, -0.2) is 16.8 Å². The van der Waals surface area contributed by atoms with Gasteiger partial charge in [-0.15, -0.1) is 0 Å². The van der Waals surface area contributed by atoms with Crippen molar-refractivity contribution in [3.05, 3.63) is 35.4 Å².